The van der Waals surface area contributed by atoms with Crippen LogP contribution in [0.3, 0.4) is 0 Å². The minimum Gasteiger partial charge on any atom is -0.482 e. The third kappa shape index (κ3) is 3.88. The molecule has 0 N–H and O–H groups in total. The zero-order chi connectivity index (χ0) is 17.9. The van der Waals surface area contributed by atoms with Gasteiger partial charge in [-0.15, -0.1) is 0 Å². The summed E-state index contributed by atoms with van der Waals surface area (Å²) in [5.41, 5.74) is 0.316. The highest BCUT2D eigenvalue weighted by atomic mass is 32.2. The molecule has 0 aliphatic carbocycles. The van der Waals surface area contributed by atoms with Gasteiger partial charge in [0.05, 0.1) is 4.90 Å². The van der Waals surface area contributed by atoms with Crippen molar-refractivity contribution in [3.63, 3.8) is 0 Å². The van der Waals surface area contributed by atoms with E-state index in [2.05, 4.69) is 0 Å². The summed E-state index contributed by atoms with van der Waals surface area (Å²) in [4.78, 5) is 12.3. The van der Waals surface area contributed by atoms with Crippen molar-refractivity contribution in [2.75, 3.05) is 19.7 Å². The Morgan fingerprint density at radius 3 is 2.32 bits per heavy atom. The lowest BCUT2D eigenvalue weighted by molar-refractivity contribution is 0.0918. The van der Waals surface area contributed by atoms with Gasteiger partial charge in [0, 0.05) is 18.7 Å². The first kappa shape index (κ1) is 17.6. The highest BCUT2D eigenvalue weighted by Crippen LogP contribution is 2.21. The quantitative estimate of drug-likeness (QED) is 0.741. The summed E-state index contributed by atoms with van der Waals surface area (Å²) in [6.07, 6.45) is 1.73. The van der Waals surface area contributed by atoms with Crippen LogP contribution in [0, 0.1) is 5.82 Å². The van der Waals surface area contributed by atoms with Crippen molar-refractivity contribution in [1.29, 1.82) is 0 Å². The van der Waals surface area contributed by atoms with Crippen molar-refractivity contribution in [3.8, 4) is 5.75 Å². The van der Waals surface area contributed by atoms with E-state index in [0.29, 0.717) is 18.7 Å². The molecule has 0 bridgehead atoms. The molecule has 3 rings (SSSR count). The van der Waals surface area contributed by atoms with Gasteiger partial charge in [0.15, 0.2) is 24.0 Å². The molecule has 25 heavy (non-hydrogen) atoms. The molecule has 0 unspecified atom stereocenters. The van der Waals surface area contributed by atoms with E-state index < -0.39 is 15.8 Å². The molecule has 2 aromatic rings. The summed E-state index contributed by atoms with van der Waals surface area (Å²) >= 11 is 0. The Balaban J connectivity index is 1.67. The molecule has 132 valence electrons. The van der Waals surface area contributed by atoms with Gasteiger partial charge in [-0.3, -0.25) is 4.79 Å². The van der Waals surface area contributed by atoms with E-state index in [-0.39, 0.29) is 23.0 Å². The van der Waals surface area contributed by atoms with E-state index >= 15 is 0 Å². The van der Waals surface area contributed by atoms with Gasteiger partial charge in [0.1, 0.15) is 0 Å². The maximum absolute atomic E-state index is 13.5. The molecule has 1 fully saturated rings. The van der Waals surface area contributed by atoms with Crippen molar-refractivity contribution in [2.45, 2.75) is 17.7 Å². The van der Waals surface area contributed by atoms with Crippen LogP contribution in [0.15, 0.2) is 53.4 Å². The first-order chi connectivity index (χ1) is 12.0. The SMILES string of the molecule is O=C(COc1ccccc1F)c1ccc(S(=O)(=O)N2CCCC2)cc1. The topological polar surface area (TPSA) is 63.7 Å². The molecular formula is C18H18FNO4S. The molecule has 1 aliphatic heterocycles. The molecule has 0 spiro atoms. The summed E-state index contributed by atoms with van der Waals surface area (Å²) in [5.74, 6) is -0.889. The van der Waals surface area contributed by atoms with Gasteiger partial charge in [0.2, 0.25) is 10.0 Å². The molecule has 1 saturated heterocycles. The Hall–Kier alpha value is -2.25. The number of hydrogen-bond acceptors (Lipinski definition) is 4. The van der Waals surface area contributed by atoms with E-state index in [4.69, 9.17) is 4.74 Å². The Labute approximate surface area is 146 Å². The predicted molar refractivity (Wildman–Crippen MR) is 90.7 cm³/mol. The molecule has 0 radical (unpaired) electrons. The first-order valence-corrected chi connectivity index (χ1v) is 9.43. The highest BCUT2D eigenvalue weighted by Gasteiger charge is 2.27. The smallest absolute Gasteiger partial charge is 0.243 e. The Bertz CT molecular complexity index is 859. The van der Waals surface area contributed by atoms with Crippen molar-refractivity contribution in [1.82, 2.24) is 4.31 Å². The summed E-state index contributed by atoms with van der Waals surface area (Å²) in [6, 6.07) is 11.6. The predicted octanol–water partition coefficient (Wildman–Crippen LogP) is 2.87. The summed E-state index contributed by atoms with van der Waals surface area (Å²) in [6.45, 7) is 0.734. The largest absolute Gasteiger partial charge is 0.482 e. The first-order valence-electron chi connectivity index (χ1n) is 7.99. The molecule has 0 amide bonds. The van der Waals surface area contributed by atoms with E-state index in [1.807, 2.05) is 0 Å². The van der Waals surface area contributed by atoms with Gasteiger partial charge < -0.3 is 4.74 Å². The molecule has 1 heterocycles. The average Bonchev–Trinajstić information content (AvgIpc) is 3.16. The third-order valence-corrected chi connectivity index (χ3v) is 5.99. The Kier molecular flexibility index (Phi) is 5.15. The molecule has 7 heteroatoms. The Morgan fingerprint density at radius 2 is 1.68 bits per heavy atom. The number of benzene rings is 2. The van der Waals surface area contributed by atoms with Crippen molar-refractivity contribution in [2.24, 2.45) is 0 Å². The van der Waals surface area contributed by atoms with Crippen LogP contribution in [0.5, 0.6) is 5.75 Å². The third-order valence-electron chi connectivity index (χ3n) is 4.07. The van der Waals surface area contributed by atoms with Crippen LogP contribution in [-0.2, 0) is 10.0 Å². The normalized spacial score (nSPS) is 15.2. The lowest BCUT2D eigenvalue weighted by Gasteiger charge is -2.15. The second-order valence-corrected chi connectivity index (χ2v) is 7.72. The van der Waals surface area contributed by atoms with Crippen molar-refractivity contribution >= 4 is 15.8 Å². The van der Waals surface area contributed by atoms with Crippen LogP contribution in [0.4, 0.5) is 4.39 Å². The number of carbonyl (C=O) groups is 1. The van der Waals surface area contributed by atoms with Gasteiger partial charge in [-0.1, -0.05) is 12.1 Å². The summed E-state index contributed by atoms with van der Waals surface area (Å²) < 4.78 is 45.0. The van der Waals surface area contributed by atoms with Gasteiger partial charge in [-0.25, -0.2) is 12.8 Å². The van der Waals surface area contributed by atoms with E-state index in [1.165, 1.54) is 46.8 Å². The van der Waals surface area contributed by atoms with Crippen molar-refractivity contribution in [3.05, 3.63) is 59.9 Å². The second-order valence-electron chi connectivity index (χ2n) is 5.78. The number of sulfonamides is 1. The van der Waals surface area contributed by atoms with Gasteiger partial charge >= 0.3 is 0 Å². The maximum Gasteiger partial charge on any atom is 0.243 e. The van der Waals surface area contributed by atoms with Crippen LogP contribution in [0.1, 0.15) is 23.2 Å². The second kappa shape index (κ2) is 7.33. The number of Topliss-reactive ketones (excluding diaryl/α,β-unsaturated/α-hetero) is 1. The number of ether oxygens (including phenoxy) is 1. The zero-order valence-electron chi connectivity index (χ0n) is 13.5. The van der Waals surface area contributed by atoms with E-state index in [1.54, 1.807) is 6.07 Å². The van der Waals surface area contributed by atoms with E-state index in [9.17, 15) is 17.6 Å². The fourth-order valence-corrected chi connectivity index (χ4v) is 4.20. The van der Waals surface area contributed by atoms with Gasteiger partial charge in [0.25, 0.3) is 0 Å². The number of hydrogen-bond donors (Lipinski definition) is 0. The summed E-state index contributed by atoms with van der Waals surface area (Å²) in [5, 5.41) is 0. The lowest BCUT2D eigenvalue weighted by Crippen LogP contribution is -2.27. The maximum atomic E-state index is 13.5. The number of ketones is 1. The number of para-hydroxylation sites is 1. The van der Waals surface area contributed by atoms with Gasteiger partial charge in [-0.2, -0.15) is 4.31 Å². The van der Waals surface area contributed by atoms with Gasteiger partial charge in [-0.05, 0) is 49.2 Å². The number of carbonyl (C=O) groups excluding carboxylic acids is 1. The minimum absolute atomic E-state index is 0.00378. The molecule has 0 aromatic heterocycles. The van der Waals surface area contributed by atoms with E-state index in [0.717, 1.165) is 12.8 Å². The molecule has 2 aromatic carbocycles. The minimum atomic E-state index is -3.50. The zero-order valence-corrected chi connectivity index (χ0v) is 14.3. The molecule has 5 nitrogen and oxygen atoms in total. The molecule has 1 aliphatic rings. The van der Waals surface area contributed by atoms with Crippen LogP contribution in [-0.4, -0.2) is 38.2 Å². The monoisotopic (exact) mass is 363 g/mol. The number of nitrogens with zero attached hydrogens (tertiary/aromatic N) is 1. The van der Waals surface area contributed by atoms with Crippen LogP contribution < -0.4 is 4.74 Å². The van der Waals surface area contributed by atoms with Crippen molar-refractivity contribution < 1.29 is 22.3 Å². The highest BCUT2D eigenvalue weighted by molar-refractivity contribution is 7.89. The fraction of sp³-hybridized carbons (Fsp3) is 0.278. The number of halogens is 1. The average molecular weight is 363 g/mol. The van der Waals surface area contributed by atoms with Crippen LogP contribution in [0.2, 0.25) is 0 Å². The lowest BCUT2D eigenvalue weighted by atomic mass is 10.1. The molecule has 0 atom stereocenters. The Morgan fingerprint density at radius 1 is 1.04 bits per heavy atom. The van der Waals surface area contributed by atoms with Crippen LogP contribution in [0.25, 0.3) is 0 Å². The number of rotatable bonds is 6. The molecular weight excluding hydrogens is 345 g/mol. The van der Waals surface area contributed by atoms with Crippen LogP contribution >= 0.6 is 0 Å². The fourth-order valence-electron chi connectivity index (χ4n) is 2.68. The summed E-state index contributed by atoms with van der Waals surface area (Å²) in [7, 11) is -3.50. The standard InChI is InChI=1S/C18H18FNO4S/c19-16-5-1-2-6-18(16)24-13-17(21)14-7-9-15(10-8-14)25(22,23)20-11-3-4-12-20/h1-2,5-10H,3-4,11-13H2. The molecule has 0 saturated carbocycles.